The van der Waals surface area contributed by atoms with Gasteiger partial charge in [-0.25, -0.2) is 0 Å². The number of nitrogens with one attached hydrogen (secondary N) is 1. The number of hydrogen-bond donors (Lipinski definition) is 1. The minimum absolute atomic E-state index is 0.553. The molecule has 2 aliphatic heterocycles. The van der Waals surface area contributed by atoms with Gasteiger partial charge < -0.3 is 10.1 Å². The van der Waals surface area contributed by atoms with E-state index in [4.69, 9.17) is 4.74 Å². The number of ether oxygens (including phenoxy) is 1. The van der Waals surface area contributed by atoms with Crippen molar-refractivity contribution in [1.82, 2.24) is 10.2 Å². The van der Waals surface area contributed by atoms with Gasteiger partial charge in [0.15, 0.2) is 0 Å². The van der Waals surface area contributed by atoms with Crippen LogP contribution in [0.1, 0.15) is 12.0 Å². The fourth-order valence-electron chi connectivity index (χ4n) is 2.89. The second kappa shape index (κ2) is 5.17. The molecule has 3 nitrogen and oxygen atoms in total. The summed E-state index contributed by atoms with van der Waals surface area (Å²) in [6.07, 6.45) is 1.15. The molecule has 2 fully saturated rings. The Balaban J connectivity index is 1.69. The summed E-state index contributed by atoms with van der Waals surface area (Å²) in [6.45, 7) is 5.07. The molecule has 2 aliphatic rings. The molecule has 1 aromatic carbocycles. The molecule has 17 heavy (non-hydrogen) atoms. The van der Waals surface area contributed by atoms with Crippen LogP contribution in [-0.4, -0.2) is 43.3 Å². The van der Waals surface area contributed by atoms with E-state index in [9.17, 15) is 0 Å². The molecule has 1 aromatic rings. The summed E-state index contributed by atoms with van der Waals surface area (Å²) in [4.78, 5) is 2.57. The number of fused-ring (bicyclic) bond motifs is 1. The van der Waals surface area contributed by atoms with Crippen molar-refractivity contribution in [3.05, 3.63) is 35.9 Å². The van der Waals surface area contributed by atoms with E-state index >= 15 is 0 Å². The lowest BCUT2D eigenvalue weighted by Gasteiger charge is -2.44. The molecule has 2 saturated heterocycles. The minimum Gasteiger partial charge on any atom is -0.380 e. The van der Waals surface area contributed by atoms with Crippen LogP contribution in [0.25, 0.3) is 0 Å². The first-order valence-electron chi connectivity index (χ1n) is 6.52. The van der Waals surface area contributed by atoms with Gasteiger partial charge in [-0.15, -0.1) is 0 Å². The quantitative estimate of drug-likeness (QED) is 0.830. The molecule has 1 N–H and O–H groups in total. The van der Waals surface area contributed by atoms with Gasteiger partial charge in [0.2, 0.25) is 0 Å². The number of piperazine rings is 1. The maximum Gasteiger partial charge on any atom is 0.0637 e. The van der Waals surface area contributed by atoms with Gasteiger partial charge in [-0.3, -0.25) is 4.90 Å². The Hall–Kier alpha value is -0.900. The third-order valence-electron chi connectivity index (χ3n) is 3.83. The van der Waals surface area contributed by atoms with E-state index in [-0.39, 0.29) is 0 Å². The average Bonchev–Trinajstić information content (AvgIpc) is 2.40. The first kappa shape index (κ1) is 11.2. The molecule has 92 valence electrons. The summed E-state index contributed by atoms with van der Waals surface area (Å²) in [7, 11) is 0. The van der Waals surface area contributed by atoms with E-state index in [1.807, 2.05) is 0 Å². The molecular formula is C14H20N2O. The predicted molar refractivity (Wildman–Crippen MR) is 67.9 cm³/mol. The topological polar surface area (TPSA) is 24.5 Å². The van der Waals surface area contributed by atoms with E-state index in [0.29, 0.717) is 12.1 Å². The normalized spacial score (nSPS) is 29.9. The summed E-state index contributed by atoms with van der Waals surface area (Å²) < 4.78 is 5.63. The van der Waals surface area contributed by atoms with Crippen molar-refractivity contribution in [2.45, 2.75) is 25.0 Å². The Morgan fingerprint density at radius 1 is 1.29 bits per heavy atom. The highest BCUT2D eigenvalue weighted by atomic mass is 16.5. The van der Waals surface area contributed by atoms with Crippen LogP contribution in [0.5, 0.6) is 0 Å². The van der Waals surface area contributed by atoms with Crippen LogP contribution in [0, 0.1) is 0 Å². The Bertz CT molecular complexity index is 352. The molecule has 0 radical (unpaired) electrons. The highest BCUT2D eigenvalue weighted by molar-refractivity contribution is 5.15. The zero-order valence-corrected chi connectivity index (χ0v) is 10.1. The van der Waals surface area contributed by atoms with Gasteiger partial charge in [0.25, 0.3) is 0 Å². The number of benzene rings is 1. The van der Waals surface area contributed by atoms with Crippen LogP contribution in [-0.2, 0) is 11.3 Å². The molecule has 0 aliphatic carbocycles. The second-order valence-electron chi connectivity index (χ2n) is 4.95. The van der Waals surface area contributed by atoms with E-state index in [0.717, 1.165) is 39.3 Å². The lowest BCUT2D eigenvalue weighted by Crippen LogP contribution is -2.61. The Morgan fingerprint density at radius 3 is 3.06 bits per heavy atom. The van der Waals surface area contributed by atoms with Gasteiger partial charge in [-0.05, 0) is 12.0 Å². The largest absolute Gasteiger partial charge is 0.380 e. The molecule has 1 unspecified atom stereocenters. The fraction of sp³-hybridized carbons (Fsp3) is 0.571. The van der Waals surface area contributed by atoms with Gasteiger partial charge >= 0.3 is 0 Å². The van der Waals surface area contributed by atoms with Crippen LogP contribution < -0.4 is 5.32 Å². The van der Waals surface area contributed by atoms with Gasteiger partial charge in [0.05, 0.1) is 6.61 Å². The van der Waals surface area contributed by atoms with Crippen LogP contribution in [0.3, 0.4) is 0 Å². The molecule has 0 saturated carbocycles. The maximum atomic E-state index is 5.63. The Kier molecular flexibility index (Phi) is 3.41. The van der Waals surface area contributed by atoms with Gasteiger partial charge in [-0.2, -0.15) is 0 Å². The second-order valence-corrected chi connectivity index (χ2v) is 4.95. The lowest BCUT2D eigenvalue weighted by molar-refractivity contribution is -0.0225. The standard InChI is InChI=1S/C14H20N2O/c1-2-4-12(5-3-1)10-16-8-7-15-13-6-9-17-11-14(13)16/h1-5,13-15H,6-11H2/t13?,14-/m1/s1. The summed E-state index contributed by atoms with van der Waals surface area (Å²) in [5.41, 5.74) is 1.40. The Labute approximate surface area is 103 Å². The van der Waals surface area contributed by atoms with Crippen LogP contribution in [0.2, 0.25) is 0 Å². The highest BCUT2D eigenvalue weighted by Gasteiger charge is 2.33. The van der Waals surface area contributed by atoms with Crippen molar-refractivity contribution in [2.75, 3.05) is 26.3 Å². The van der Waals surface area contributed by atoms with E-state index in [2.05, 4.69) is 40.5 Å². The third kappa shape index (κ3) is 2.51. The van der Waals surface area contributed by atoms with Gasteiger partial charge in [-0.1, -0.05) is 30.3 Å². The zero-order valence-electron chi connectivity index (χ0n) is 10.1. The molecular weight excluding hydrogens is 212 g/mol. The van der Waals surface area contributed by atoms with Crippen molar-refractivity contribution >= 4 is 0 Å². The molecule has 0 spiro atoms. The minimum atomic E-state index is 0.553. The van der Waals surface area contributed by atoms with Crippen LogP contribution in [0.15, 0.2) is 30.3 Å². The molecule has 0 amide bonds. The number of rotatable bonds is 2. The van der Waals surface area contributed by atoms with Crippen molar-refractivity contribution in [3.8, 4) is 0 Å². The molecule has 3 rings (SSSR count). The SMILES string of the molecule is c1ccc(CN2CCNC3CCOC[C@H]32)cc1. The summed E-state index contributed by atoms with van der Waals surface area (Å²) in [5, 5.41) is 3.62. The number of hydrogen-bond acceptors (Lipinski definition) is 3. The van der Waals surface area contributed by atoms with Crippen LogP contribution >= 0.6 is 0 Å². The van der Waals surface area contributed by atoms with Crippen molar-refractivity contribution < 1.29 is 4.74 Å². The van der Waals surface area contributed by atoms with Gasteiger partial charge in [0.1, 0.15) is 0 Å². The zero-order chi connectivity index (χ0) is 11.5. The molecule has 2 atom stereocenters. The smallest absolute Gasteiger partial charge is 0.0637 e. The van der Waals surface area contributed by atoms with Crippen molar-refractivity contribution in [1.29, 1.82) is 0 Å². The average molecular weight is 232 g/mol. The molecule has 0 aromatic heterocycles. The summed E-state index contributed by atoms with van der Waals surface area (Å²) >= 11 is 0. The van der Waals surface area contributed by atoms with E-state index in [1.165, 1.54) is 5.56 Å². The highest BCUT2D eigenvalue weighted by Crippen LogP contribution is 2.19. The lowest BCUT2D eigenvalue weighted by atomic mass is 9.98. The first-order valence-corrected chi connectivity index (χ1v) is 6.52. The maximum absolute atomic E-state index is 5.63. The monoisotopic (exact) mass is 232 g/mol. The van der Waals surface area contributed by atoms with E-state index in [1.54, 1.807) is 0 Å². The summed E-state index contributed by atoms with van der Waals surface area (Å²) in [5.74, 6) is 0. The molecule has 3 heteroatoms. The third-order valence-corrected chi connectivity index (χ3v) is 3.83. The van der Waals surface area contributed by atoms with Crippen molar-refractivity contribution in [3.63, 3.8) is 0 Å². The van der Waals surface area contributed by atoms with Gasteiger partial charge in [0, 0.05) is 38.3 Å². The Morgan fingerprint density at radius 2 is 2.18 bits per heavy atom. The van der Waals surface area contributed by atoms with Crippen molar-refractivity contribution in [2.24, 2.45) is 0 Å². The number of nitrogens with zero attached hydrogens (tertiary/aromatic N) is 1. The predicted octanol–water partition coefficient (Wildman–Crippen LogP) is 1.25. The molecule has 2 heterocycles. The fourth-order valence-corrected chi connectivity index (χ4v) is 2.89. The van der Waals surface area contributed by atoms with Crippen LogP contribution in [0.4, 0.5) is 0 Å². The summed E-state index contributed by atoms with van der Waals surface area (Å²) in [6, 6.07) is 11.9. The van der Waals surface area contributed by atoms with E-state index < -0.39 is 0 Å². The molecule has 0 bridgehead atoms. The first-order chi connectivity index (χ1) is 8.43.